The molecule has 0 fully saturated rings. The van der Waals surface area contributed by atoms with Gasteiger partial charge in [0, 0.05) is 0 Å². The highest BCUT2D eigenvalue weighted by Gasteiger charge is 2.30. The number of anilines is 2. The van der Waals surface area contributed by atoms with Gasteiger partial charge in [0.2, 0.25) is 5.95 Å². The Morgan fingerprint density at radius 1 is 1.08 bits per heavy atom. The molecule has 2 heterocycles. The van der Waals surface area contributed by atoms with Crippen LogP contribution in [0.2, 0.25) is 0 Å². The lowest BCUT2D eigenvalue weighted by Gasteiger charge is -2.07. The number of hydrogen-bond donors (Lipinski definition) is 3. The average Bonchev–Trinajstić information content (AvgIpc) is 3.03. The zero-order valence-corrected chi connectivity index (χ0v) is 12.6. The van der Waals surface area contributed by atoms with E-state index in [-0.39, 0.29) is 11.8 Å². The summed E-state index contributed by atoms with van der Waals surface area (Å²) in [6.45, 7) is 0. The number of hydrogen-bond acceptors (Lipinski definition) is 5. The molecule has 3 aromatic rings. The van der Waals surface area contributed by atoms with E-state index >= 15 is 0 Å². The number of pyridine rings is 1. The number of benzene rings is 1. The maximum absolute atomic E-state index is 12.6. The van der Waals surface area contributed by atoms with Gasteiger partial charge in [0.15, 0.2) is 0 Å². The third-order valence-electron chi connectivity index (χ3n) is 3.25. The topological polar surface area (TPSA) is 106 Å². The number of rotatable bonds is 4. The Morgan fingerprint density at radius 2 is 1.80 bits per heavy atom. The molecule has 25 heavy (non-hydrogen) atoms. The highest BCUT2D eigenvalue weighted by atomic mass is 19.4. The van der Waals surface area contributed by atoms with Gasteiger partial charge in [-0.3, -0.25) is 10.4 Å². The molecule has 0 bridgehead atoms. The third-order valence-corrected chi connectivity index (χ3v) is 3.25. The summed E-state index contributed by atoms with van der Waals surface area (Å²) in [7, 11) is 0. The van der Waals surface area contributed by atoms with Gasteiger partial charge in [-0.2, -0.15) is 18.2 Å². The van der Waals surface area contributed by atoms with E-state index in [0.29, 0.717) is 17.1 Å². The first-order valence-electron chi connectivity index (χ1n) is 7.00. The number of halogens is 3. The second-order valence-electron chi connectivity index (χ2n) is 5.03. The smallest absolute Gasteiger partial charge is 0.382 e. The van der Waals surface area contributed by atoms with E-state index in [0.717, 1.165) is 12.1 Å². The van der Waals surface area contributed by atoms with E-state index in [1.165, 1.54) is 29.3 Å². The highest BCUT2D eigenvalue weighted by molar-refractivity contribution is 5.93. The van der Waals surface area contributed by atoms with Crippen molar-refractivity contribution in [2.24, 2.45) is 5.73 Å². The van der Waals surface area contributed by atoms with Gasteiger partial charge in [0.25, 0.3) is 0 Å². The first-order chi connectivity index (χ1) is 11.8. The molecule has 0 saturated carbocycles. The summed E-state index contributed by atoms with van der Waals surface area (Å²) in [5.74, 6) is 0.105. The minimum atomic E-state index is -4.38. The van der Waals surface area contributed by atoms with Crippen molar-refractivity contribution >= 4 is 17.5 Å². The van der Waals surface area contributed by atoms with Crippen LogP contribution in [0.1, 0.15) is 11.3 Å². The van der Waals surface area contributed by atoms with Crippen molar-refractivity contribution in [3.05, 3.63) is 60.2 Å². The molecule has 0 aliphatic heterocycles. The van der Waals surface area contributed by atoms with E-state index in [1.807, 2.05) is 0 Å². The van der Waals surface area contributed by atoms with E-state index in [2.05, 4.69) is 20.4 Å². The van der Waals surface area contributed by atoms with Crippen molar-refractivity contribution in [3.63, 3.8) is 0 Å². The monoisotopic (exact) mass is 347 g/mol. The molecule has 0 aliphatic rings. The summed E-state index contributed by atoms with van der Waals surface area (Å²) in [4.78, 5) is 8.03. The SMILES string of the molecule is N=C(N)c1ccc(Nc2ncn(-c3ccc(C(F)(F)F)cc3)n2)cn1. The van der Waals surface area contributed by atoms with E-state index < -0.39 is 11.7 Å². The Labute approximate surface area is 139 Å². The lowest BCUT2D eigenvalue weighted by Crippen LogP contribution is -2.12. The molecule has 0 aliphatic carbocycles. The molecule has 0 amide bonds. The zero-order valence-electron chi connectivity index (χ0n) is 12.6. The minimum absolute atomic E-state index is 0.142. The number of alkyl halides is 3. The van der Waals surface area contributed by atoms with Crippen LogP contribution in [0.3, 0.4) is 0 Å². The molecular weight excluding hydrogens is 335 g/mol. The predicted octanol–water partition coefficient (Wildman–Crippen LogP) is 2.71. The van der Waals surface area contributed by atoms with Gasteiger partial charge in [-0.1, -0.05) is 0 Å². The number of nitrogen functional groups attached to an aromatic ring is 1. The van der Waals surface area contributed by atoms with Crippen LogP contribution in [0.15, 0.2) is 48.9 Å². The number of amidine groups is 1. The lowest BCUT2D eigenvalue weighted by atomic mass is 10.2. The van der Waals surface area contributed by atoms with Gasteiger partial charge in [0.05, 0.1) is 23.1 Å². The van der Waals surface area contributed by atoms with E-state index in [9.17, 15) is 13.2 Å². The second-order valence-corrected chi connectivity index (χ2v) is 5.03. The average molecular weight is 347 g/mol. The molecule has 0 spiro atoms. The first-order valence-corrected chi connectivity index (χ1v) is 7.00. The second kappa shape index (κ2) is 6.23. The number of aromatic nitrogens is 4. The molecule has 1 aromatic carbocycles. The standard InChI is InChI=1S/C15H12F3N7/c16-15(17,18)9-1-4-11(5-2-9)25-8-22-14(24-25)23-10-3-6-12(13(19)20)21-7-10/h1-8H,(H3,19,20)(H,23,24). The maximum atomic E-state index is 12.6. The molecule has 7 nitrogen and oxygen atoms in total. The van der Waals surface area contributed by atoms with Crippen molar-refractivity contribution in [2.75, 3.05) is 5.32 Å². The largest absolute Gasteiger partial charge is 0.416 e. The Balaban J connectivity index is 1.75. The van der Waals surface area contributed by atoms with Crippen LogP contribution < -0.4 is 11.1 Å². The van der Waals surface area contributed by atoms with Crippen LogP contribution in [0.5, 0.6) is 0 Å². The van der Waals surface area contributed by atoms with Gasteiger partial charge in [-0.15, -0.1) is 5.10 Å². The van der Waals surface area contributed by atoms with Crippen molar-refractivity contribution in [2.45, 2.75) is 6.18 Å². The van der Waals surface area contributed by atoms with Crippen LogP contribution in [0.4, 0.5) is 24.8 Å². The highest BCUT2D eigenvalue weighted by Crippen LogP contribution is 2.29. The normalized spacial score (nSPS) is 11.3. The van der Waals surface area contributed by atoms with Crippen molar-refractivity contribution in [3.8, 4) is 5.69 Å². The van der Waals surface area contributed by atoms with Crippen LogP contribution in [0.25, 0.3) is 5.69 Å². The zero-order chi connectivity index (χ0) is 18.0. The Bertz CT molecular complexity index is 883. The molecule has 0 radical (unpaired) electrons. The van der Waals surface area contributed by atoms with Crippen molar-refractivity contribution in [1.82, 2.24) is 19.7 Å². The minimum Gasteiger partial charge on any atom is -0.382 e. The van der Waals surface area contributed by atoms with Gasteiger partial charge in [-0.05, 0) is 36.4 Å². The molecule has 10 heteroatoms. The molecule has 2 aromatic heterocycles. The fourth-order valence-corrected chi connectivity index (χ4v) is 2.00. The summed E-state index contributed by atoms with van der Waals surface area (Å²) in [6, 6.07) is 7.80. The Morgan fingerprint density at radius 3 is 2.36 bits per heavy atom. The number of nitrogens with zero attached hydrogens (tertiary/aromatic N) is 4. The third kappa shape index (κ3) is 3.74. The maximum Gasteiger partial charge on any atom is 0.416 e. The first kappa shape index (κ1) is 16.4. The van der Waals surface area contributed by atoms with Crippen LogP contribution in [-0.4, -0.2) is 25.6 Å². The summed E-state index contributed by atoms with van der Waals surface area (Å²) in [5.41, 5.74) is 5.96. The molecule has 128 valence electrons. The fourth-order valence-electron chi connectivity index (χ4n) is 2.00. The van der Waals surface area contributed by atoms with Gasteiger partial charge in [0.1, 0.15) is 17.9 Å². The summed E-state index contributed by atoms with van der Waals surface area (Å²) in [6.07, 6.45) is -1.54. The Hall–Kier alpha value is -3.43. The molecular formula is C15H12F3N7. The molecule has 4 N–H and O–H groups in total. The van der Waals surface area contributed by atoms with Crippen LogP contribution in [0, 0.1) is 5.41 Å². The summed E-state index contributed by atoms with van der Waals surface area (Å²) < 4.78 is 39.1. The summed E-state index contributed by atoms with van der Waals surface area (Å²) in [5, 5.41) is 14.3. The molecule has 0 atom stereocenters. The van der Waals surface area contributed by atoms with Crippen molar-refractivity contribution < 1.29 is 13.2 Å². The number of nitrogens with two attached hydrogens (primary N) is 1. The van der Waals surface area contributed by atoms with Crippen LogP contribution in [-0.2, 0) is 6.18 Å². The lowest BCUT2D eigenvalue weighted by molar-refractivity contribution is -0.137. The van der Waals surface area contributed by atoms with Gasteiger partial charge < -0.3 is 11.1 Å². The predicted molar refractivity (Wildman–Crippen MR) is 84.9 cm³/mol. The van der Waals surface area contributed by atoms with E-state index in [1.54, 1.807) is 12.1 Å². The molecule has 0 unspecified atom stereocenters. The molecule has 3 rings (SSSR count). The van der Waals surface area contributed by atoms with Gasteiger partial charge in [-0.25, -0.2) is 4.68 Å². The number of nitrogens with one attached hydrogen (secondary N) is 2. The summed E-state index contributed by atoms with van der Waals surface area (Å²) >= 11 is 0. The Kier molecular flexibility index (Phi) is 4.09. The van der Waals surface area contributed by atoms with Crippen molar-refractivity contribution in [1.29, 1.82) is 5.41 Å². The quantitative estimate of drug-likeness (QED) is 0.497. The molecule has 0 saturated heterocycles. The van der Waals surface area contributed by atoms with E-state index in [4.69, 9.17) is 11.1 Å². The van der Waals surface area contributed by atoms with Gasteiger partial charge >= 0.3 is 6.18 Å². The van der Waals surface area contributed by atoms with Crippen LogP contribution >= 0.6 is 0 Å². The fraction of sp³-hybridized carbons (Fsp3) is 0.0667.